The van der Waals surface area contributed by atoms with E-state index in [1.165, 1.54) is 7.11 Å². The number of aromatic nitrogens is 2. The lowest BCUT2D eigenvalue weighted by Gasteiger charge is -2.23. The number of nitrogens with one attached hydrogen (secondary N) is 1. The molecular weight excluding hydrogens is 556 g/mol. The van der Waals surface area contributed by atoms with Gasteiger partial charge in [-0.05, 0) is 72.2 Å². The molecule has 0 fully saturated rings. The van der Waals surface area contributed by atoms with E-state index in [1.807, 2.05) is 6.92 Å². The number of alkyl carbamates (subject to hydrolysis) is 1. The van der Waals surface area contributed by atoms with Gasteiger partial charge in [0.1, 0.15) is 18.0 Å². The Morgan fingerprint density at radius 3 is 2.42 bits per heavy atom. The predicted molar refractivity (Wildman–Crippen MR) is 157 cm³/mol. The molecule has 12 heteroatoms. The molecular formula is C31H36N4O8. The number of esters is 2. The fourth-order valence-corrected chi connectivity index (χ4v) is 4.30. The van der Waals surface area contributed by atoms with Gasteiger partial charge >= 0.3 is 18.0 Å². The van der Waals surface area contributed by atoms with Crippen LogP contribution >= 0.6 is 0 Å². The lowest BCUT2D eigenvalue weighted by Crippen LogP contribution is -2.47. The third-order valence-electron chi connectivity index (χ3n) is 6.07. The van der Waals surface area contributed by atoms with Crippen LogP contribution in [0.2, 0.25) is 0 Å². The smallest absolute Gasteiger partial charge is 0.408 e. The average Bonchev–Trinajstić information content (AvgIpc) is 2.94. The van der Waals surface area contributed by atoms with Crippen molar-refractivity contribution in [2.75, 3.05) is 26.9 Å². The molecule has 43 heavy (non-hydrogen) atoms. The molecule has 2 aromatic heterocycles. The highest BCUT2D eigenvalue weighted by molar-refractivity contribution is 6.11. The molecule has 3 aromatic rings. The second kappa shape index (κ2) is 13.8. The largest absolute Gasteiger partial charge is 0.496 e. The maximum absolute atomic E-state index is 13.9. The Morgan fingerprint density at radius 2 is 1.81 bits per heavy atom. The number of aryl methyl sites for hydroxylation is 2. The van der Waals surface area contributed by atoms with E-state index in [1.54, 1.807) is 65.9 Å². The van der Waals surface area contributed by atoms with E-state index in [2.05, 4.69) is 16.4 Å². The van der Waals surface area contributed by atoms with Gasteiger partial charge in [-0.15, -0.1) is 0 Å². The number of nitrogens with zero attached hydrogens (tertiary/aromatic N) is 3. The highest BCUT2D eigenvalue weighted by atomic mass is 16.6. The normalized spacial score (nSPS) is 11.7. The molecule has 1 atom stereocenters. The summed E-state index contributed by atoms with van der Waals surface area (Å²) in [7, 11) is 1.45. The molecule has 0 bridgehead atoms. The van der Waals surface area contributed by atoms with Gasteiger partial charge in [-0.3, -0.25) is 4.98 Å². The zero-order chi connectivity index (χ0) is 31.9. The lowest BCUT2D eigenvalue weighted by atomic mass is 9.92. The Labute approximate surface area is 250 Å². The number of carbonyl (C=O) groups is 3. The molecule has 1 aromatic carbocycles. The maximum atomic E-state index is 13.9. The quantitative estimate of drug-likeness (QED) is 0.254. The molecule has 12 nitrogen and oxygen atoms in total. The van der Waals surface area contributed by atoms with Crippen LogP contribution in [-0.2, 0) is 19.0 Å². The van der Waals surface area contributed by atoms with Crippen LogP contribution in [0.15, 0.2) is 24.4 Å². The van der Waals surface area contributed by atoms with Crippen LogP contribution in [0.25, 0.3) is 22.0 Å². The van der Waals surface area contributed by atoms with E-state index in [0.717, 1.165) is 5.56 Å². The monoisotopic (exact) mass is 592 g/mol. The van der Waals surface area contributed by atoms with Gasteiger partial charge in [0.2, 0.25) is 5.88 Å². The SMILES string of the molecule is CCOC(=O)[C@H](COC(=O)c1c(C)nc2c(C)cnc(OCC)c2c1-c1ccc(C#N)cc1OC)NC(=O)OC(C)(C)C. The minimum absolute atomic E-state index is 0.0438. The topological polar surface area (TPSA) is 159 Å². The number of methoxy groups -OCH3 is 1. The fourth-order valence-electron chi connectivity index (χ4n) is 4.30. The number of rotatable bonds is 10. The van der Waals surface area contributed by atoms with Gasteiger partial charge in [0.05, 0.1) is 54.1 Å². The van der Waals surface area contributed by atoms with Crippen LogP contribution in [0.5, 0.6) is 11.6 Å². The van der Waals surface area contributed by atoms with E-state index in [-0.39, 0.29) is 18.1 Å². The number of ether oxygens (including phenoxy) is 5. The number of carbonyl (C=O) groups excluding carboxylic acids is 3. The van der Waals surface area contributed by atoms with E-state index in [4.69, 9.17) is 28.7 Å². The van der Waals surface area contributed by atoms with Crippen molar-refractivity contribution in [3.05, 3.63) is 46.8 Å². The first-order valence-corrected chi connectivity index (χ1v) is 13.7. The van der Waals surface area contributed by atoms with Gasteiger partial charge in [-0.2, -0.15) is 5.26 Å². The minimum atomic E-state index is -1.34. The number of hydrogen-bond acceptors (Lipinski definition) is 11. The van der Waals surface area contributed by atoms with Crippen molar-refractivity contribution in [3.8, 4) is 28.8 Å². The predicted octanol–water partition coefficient (Wildman–Crippen LogP) is 4.81. The lowest BCUT2D eigenvalue weighted by molar-refractivity contribution is -0.146. The van der Waals surface area contributed by atoms with Crippen molar-refractivity contribution >= 4 is 28.9 Å². The first kappa shape index (κ1) is 32.6. The second-order valence-corrected chi connectivity index (χ2v) is 10.4. The van der Waals surface area contributed by atoms with Crippen LogP contribution in [0, 0.1) is 25.2 Å². The average molecular weight is 593 g/mol. The highest BCUT2D eigenvalue weighted by Crippen LogP contribution is 2.42. The van der Waals surface area contributed by atoms with E-state index in [0.29, 0.717) is 45.6 Å². The summed E-state index contributed by atoms with van der Waals surface area (Å²) in [6.45, 7) is 11.7. The highest BCUT2D eigenvalue weighted by Gasteiger charge is 2.30. The molecule has 3 rings (SSSR count). The van der Waals surface area contributed by atoms with Crippen LogP contribution in [-0.4, -0.2) is 66.6 Å². The van der Waals surface area contributed by atoms with Gasteiger partial charge in [0, 0.05) is 17.3 Å². The third-order valence-corrected chi connectivity index (χ3v) is 6.07. The van der Waals surface area contributed by atoms with Crippen molar-refractivity contribution in [2.45, 2.75) is 60.1 Å². The summed E-state index contributed by atoms with van der Waals surface area (Å²) in [6, 6.07) is 5.54. The molecule has 1 N–H and O–H groups in total. The van der Waals surface area contributed by atoms with Gasteiger partial charge in [0.15, 0.2) is 6.04 Å². The van der Waals surface area contributed by atoms with Crippen molar-refractivity contribution in [1.82, 2.24) is 15.3 Å². The van der Waals surface area contributed by atoms with Gasteiger partial charge in [-0.25, -0.2) is 19.4 Å². The number of pyridine rings is 2. The number of benzene rings is 1. The summed E-state index contributed by atoms with van der Waals surface area (Å²) in [5.41, 5.74) is 2.02. The summed E-state index contributed by atoms with van der Waals surface area (Å²) >= 11 is 0. The Hall–Kier alpha value is -4.92. The molecule has 0 saturated heterocycles. The molecule has 0 radical (unpaired) electrons. The van der Waals surface area contributed by atoms with Crippen molar-refractivity contribution < 1.29 is 38.1 Å². The summed E-state index contributed by atoms with van der Waals surface area (Å²) in [6.07, 6.45) is 0.750. The van der Waals surface area contributed by atoms with Crippen LogP contribution < -0.4 is 14.8 Å². The summed E-state index contributed by atoms with van der Waals surface area (Å²) in [5, 5.41) is 12.3. The van der Waals surface area contributed by atoms with Crippen molar-refractivity contribution in [3.63, 3.8) is 0 Å². The van der Waals surface area contributed by atoms with Crippen molar-refractivity contribution in [2.24, 2.45) is 0 Å². The summed E-state index contributed by atoms with van der Waals surface area (Å²) in [5.74, 6) is -1.08. The second-order valence-electron chi connectivity index (χ2n) is 10.4. The fraction of sp³-hybridized carbons (Fsp3) is 0.419. The van der Waals surface area contributed by atoms with E-state index in [9.17, 15) is 19.6 Å². The molecule has 2 heterocycles. The van der Waals surface area contributed by atoms with Gasteiger partial charge in [-0.1, -0.05) is 0 Å². The van der Waals surface area contributed by atoms with E-state index < -0.39 is 36.3 Å². The first-order valence-electron chi connectivity index (χ1n) is 13.7. The molecule has 0 saturated carbocycles. The van der Waals surface area contributed by atoms with E-state index >= 15 is 0 Å². The molecule has 0 aliphatic carbocycles. The molecule has 228 valence electrons. The zero-order valence-electron chi connectivity index (χ0n) is 25.6. The molecule has 1 amide bonds. The van der Waals surface area contributed by atoms with Crippen molar-refractivity contribution in [1.29, 1.82) is 5.26 Å². The molecule has 0 aliphatic rings. The Balaban J connectivity index is 2.19. The molecule has 0 spiro atoms. The van der Waals surface area contributed by atoms with Crippen LogP contribution in [0.3, 0.4) is 0 Å². The molecule has 0 unspecified atom stereocenters. The summed E-state index contributed by atoms with van der Waals surface area (Å²) < 4.78 is 27.4. The van der Waals surface area contributed by atoms with Crippen LogP contribution in [0.1, 0.15) is 61.8 Å². The minimum Gasteiger partial charge on any atom is -0.496 e. The number of fused-ring (bicyclic) bond motifs is 1. The summed E-state index contributed by atoms with van der Waals surface area (Å²) in [4.78, 5) is 48.1. The van der Waals surface area contributed by atoms with Gasteiger partial charge < -0.3 is 29.0 Å². The molecule has 0 aliphatic heterocycles. The zero-order valence-corrected chi connectivity index (χ0v) is 25.6. The van der Waals surface area contributed by atoms with Gasteiger partial charge in [0.25, 0.3) is 0 Å². The Morgan fingerprint density at radius 1 is 1.09 bits per heavy atom. The third kappa shape index (κ3) is 7.68. The standard InChI is InChI=1S/C31H36N4O8/c1-9-40-27-25-24(20-12-11-19(14-32)13-22(20)39-8)23(18(4)34-26(25)17(3)15-33-27)29(37)42-16-21(28(36)41-10-2)35-30(38)43-31(5,6)7/h11-13,15,21H,9-10,16H2,1-8H3,(H,35,38)/t21-/m0/s1. The Kier molecular flexibility index (Phi) is 10.5. The maximum Gasteiger partial charge on any atom is 0.408 e. The Bertz CT molecular complexity index is 1570. The first-order chi connectivity index (χ1) is 20.3. The number of amides is 1. The number of nitriles is 1. The van der Waals surface area contributed by atoms with Crippen LogP contribution in [0.4, 0.5) is 4.79 Å². The number of hydrogen-bond donors (Lipinski definition) is 1.